The van der Waals surface area contributed by atoms with Gasteiger partial charge in [-0.1, -0.05) is 59.6 Å². The van der Waals surface area contributed by atoms with E-state index in [1.165, 1.54) is 0 Å². The molecule has 0 spiro atoms. The quantitative estimate of drug-likeness (QED) is 0.385. The zero-order chi connectivity index (χ0) is 22.5. The van der Waals surface area contributed by atoms with Crippen molar-refractivity contribution in [2.75, 3.05) is 24.3 Å². The second kappa shape index (κ2) is 9.72. The van der Waals surface area contributed by atoms with Gasteiger partial charge in [-0.25, -0.2) is 0 Å². The van der Waals surface area contributed by atoms with Crippen LogP contribution in [0.15, 0.2) is 72.8 Å². The van der Waals surface area contributed by atoms with E-state index < -0.39 is 0 Å². The third-order valence-corrected chi connectivity index (χ3v) is 5.19. The largest absolute Gasteiger partial charge is 0.495 e. The average Bonchev–Trinajstić information content (AvgIpc) is 3.23. The first-order valence-electron chi connectivity index (χ1n) is 9.70. The van der Waals surface area contributed by atoms with Gasteiger partial charge < -0.3 is 15.4 Å². The summed E-state index contributed by atoms with van der Waals surface area (Å²) >= 11 is 12.3. The van der Waals surface area contributed by atoms with E-state index in [0.29, 0.717) is 38.9 Å². The summed E-state index contributed by atoms with van der Waals surface area (Å²) < 4.78 is 7.32. The zero-order valence-electron chi connectivity index (χ0n) is 17.0. The molecule has 0 bridgehead atoms. The molecule has 0 unspecified atom stereocenters. The first kappa shape index (κ1) is 21.7. The maximum absolute atomic E-state index is 12.5. The number of amides is 1. The van der Waals surface area contributed by atoms with Crippen molar-refractivity contribution in [2.45, 2.75) is 0 Å². The Bertz CT molecular complexity index is 1260. The fraction of sp³-hybridized carbons (Fsp3) is 0.0870. The summed E-state index contributed by atoms with van der Waals surface area (Å²) in [6.45, 7) is -0.0476. The normalized spacial score (nSPS) is 10.6. The minimum absolute atomic E-state index is 0.0476. The van der Waals surface area contributed by atoms with Gasteiger partial charge in [-0.2, -0.15) is 0 Å². The number of hydrogen-bond acceptors (Lipinski definition) is 5. The van der Waals surface area contributed by atoms with Crippen molar-refractivity contribution in [2.24, 2.45) is 0 Å². The summed E-state index contributed by atoms with van der Waals surface area (Å²) in [5, 5.41) is 15.5. The number of methoxy groups -OCH3 is 1. The lowest BCUT2D eigenvalue weighted by atomic mass is 10.2. The van der Waals surface area contributed by atoms with E-state index in [0.717, 1.165) is 5.56 Å². The number of benzene rings is 3. The lowest BCUT2D eigenvalue weighted by molar-refractivity contribution is -0.114. The molecule has 7 nitrogen and oxygen atoms in total. The van der Waals surface area contributed by atoms with Crippen LogP contribution in [0.5, 0.6) is 5.75 Å². The molecular weight excluding hydrogens is 449 g/mol. The summed E-state index contributed by atoms with van der Waals surface area (Å²) in [5.41, 5.74) is 2.01. The van der Waals surface area contributed by atoms with Gasteiger partial charge in [-0.05, 0) is 36.4 Å². The van der Waals surface area contributed by atoms with Crippen LogP contribution in [0, 0.1) is 0 Å². The molecule has 1 heterocycles. The van der Waals surface area contributed by atoms with Crippen molar-refractivity contribution in [3.05, 3.63) is 82.8 Å². The molecule has 0 saturated carbocycles. The van der Waals surface area contributed by atoms with Crippen LogP contribution in [0.1, 0.15) is 0 Å². The molecule has 0 aliphatic rings. The molecule has 0 radical (unpaired) electrons. The molecule has 4 rings (SSSR count). The first-order valence-corrected chi connectivity index (χ1v) is 10.5. The van der Waals surface area contributed by atoms with Crippen molar-refractivity contribution < 1.29 is 9.53 Å². The Morgan fingerprint density at radius 1 is 1.00 bits per heavy atom. The lowest BCUT2D eigenvalue weighted by Gasteiger charge is -2.15. The minimum atomic E-state index is -0.281. The highest BCUT2D eigenvalue weighted by Gasteiger charge is 2.19. The minimum Gasteiger partial charge on any atom is -0.495 e. The molecule has 1 amide bonds. The number of halogens is 2. The van der Waals surface area contributed by atoms with Crippen LogP contribution in [0.4, 0.5) is 11.6 Å². The number of nitrogens with zero attached hydrogens (tertiary/aromatic N) is 3. The lowest BCUT2D eigenvalue weighted by Crippen LogP contribution is -2.23. The highest BCUT2D eigenvalue weighted by atomic mass is 35.5. The van der Waals surface area contributed by atoms with Crippen LogP contribution < -0.4 is 15.4 Å². The van der Waals surface area contributed by atoms with Crippen LogP contribution in [0.2, 0.25) is 10.0 Å². The summed E-state index contributed by atoms with van der Waals surface area (Å²) in [7, 11) is 1.59. The number of ether oxygens (including phenoxy) is 1. The highest BCUT2D eigenvalue weighted by molar-refractivity contribution is 6.33. The molecule has 4 aromatic rings. The Hall–Kier alpha value is -3.55. The Labute approximate surface area is 195 Å². The average molecular weight is 468 g/mol. The van der Waals surface area contributed by atoms with Gasteiger partial charge in [0.1, 0.15) is 5.75 Å². The van der Waals surface area contributed by atoms with Crippen molar-refractivity contribution in [1.82, 2.24) is 14.8 Å². The molecule has 2 N–H and O–H groups in total. The number of aromatic nitrogens is 3. The molecular formula is C23H19Cl2N5O2. The number of carbonyl (C=O) groups excluding carboxylic acids is 1. The number of carbonyl (C=O) groups is 1. The van der Waals surface area contributed by atoms with E-state index in [9.17, 15) is 4.79 Å². The van der Waals surface area contributed by atoms with E-state index in [1.807, 2.05) is 36.4 Å². The maximum Gasteiger partial charge on any atom is 0.243 e. The first-order chi connectivity index (χ1) is 15.6. The van der Waals surface area contributed by atoms with Gasteiger partial charge in [0.25, 0.3) is 0 Å². The van der Waals surface area contributed by atoms with E-state index in [-0.39, 0.29) is 12.5 Å². The van der Waals surface area contributed by atoms with Gasteiger partial charge in [0.15, 0.2) is 5.82 Å². The fourth-order valence-corrected chi connectivity index (χ4v) is 3.55. The van der Waals surface area contributed by atoms with Crippen LogP contribution >= 0.6 is 23.2 Å². The summed E-state index contributed by atoms with van der Waals surface area (Å²) in [4.78, 5) is 12.5. The van der Waals surface area contributed by atoms with Gasteiger partial charge >= 0.3 is 0 Å². The van der Waals surface area contributed by atoms with Crippen molar-refractivity contribution in [1.29, 1.82) is 0 Å². The van der Waals surface area contributed by atoms with E-state index >= 15 is 0 Å². The van der Waals surface area contributed by atoms with Crippen molar-refractivity contribution in [3.63, 3.8) is 0 Å². The monoisotopic (exact) mass is 467 g/mol. The molecule has 0 aliphatic carbocycles. The van der Waals surface area contributed by atoms with Gasteiger partial charge in [0.2, 0.25) is 11.9 Å². The van der Waals surface area contributed by atoms with E-state index in [1.54, 1.807) is 48.1 Å². The SMILES string of the molecule is COc1ccccc1-n1c(NCC(=O)Nc2ccccc2Cl)nnc1-c1cccc(Cl)c1. The molecule has 0 fully saturated rings. The number of rotatable bonds is 7. The molecule has 32 heavy (non-hydrogen) atoms. The third-order valence-electron chi connectivity index (χ3n) is 4.63. The van der Waals surface area contributed by atoms with Gasteiger partial charge in [0, 0.05) is 10.6 Å². The molecule has 162 valence electrons. The molecule has 0 saturated heterocycles. The topological polar surface area (TPSA) is 81.1 Å². The molecule has 9 heteroatoms. The molecule has 3 aromatic carbocycles. The Balaban J connectivity index is 1.66. The third kappa shape index (κ3) is 4.69. The van der Waals surface area contributed by atoms with Gasteiger partial charge in [-0.15, -0.1) is 10.2 Å². The maximum atomic E-state index is 12.5. The van der Waals surface area contributed by atoms with Crippen LogP contribution in [-0.2, 0) is 4.79 Å². The highest BCUT2D eigenvalue weighted by Crippen LogP contribution is 2.31. The van der Waals surface area contributed by atoms with Gasteiger partial charge in [0.05, 0.1) is 30.1 Å². The summed E-state index contributed by atoms with van der Waals surface area (Å²) in [5.74, 6) is 1.26. The predicted octanol–water partition coefficient (Wildman–Crippen LogP) is 5.30. The van der Waals surface area contributed by atoms with E-state index in [2.05, 4.69) is 20.8 Å². The van der Waals surface area contributed by atoms with Crippen LogP contribution in [-0.4, -0.2) is 34.3 Å². The van der Waals surface area contributed by atoms with Crippen molar-refractivity contribution in [3.8, 4) is 22.8 Å². The number of anilines is 2. The Morgan fingerprint density at radius 2 is 1.78 bits per heavy atom. The second-order valence-corrected chi connectivity index (χ2v) is 7.59. The Kier molecular flexibility index (Phi) is 6.58. The second-order valence-electron chi connectivity index (χ2n) is 6.75. The zero-order valence-corrected chi connectivity index (χ0v) is 18.6. The number of para-hydroxylation sites is 3. The molecule has 0 atom stereocenters. The molecule has 0 aliphatic heterocycles. The van der Waals surface area contributed by atoms with E-state index in [4.69, 9.17) is 27.9 Å². The molecule has 1 aromatic heterocycles. The number of nitrogens with one attached hydrogen (secondary N) is 2. The van der Waals surface area contributed by atoms with Gasteiger partial charge in [-0.3, -0.25) is 9.36 Å². The smallest absolute Gasteiger partial charge is 0.243 e. The van der Waals surface area contributed by atoms with Crippen molar-refractivity contribution >= 4 is 40.7 Å². The fourth-order valence-electron chi connectivity index (χ4n) is 3.17. The predicted molar refractivity (Wildman–Crippen MR) is 127 cm³/mol. The standard InChI is InChI=1S/C23H19Cl2N5O2/c1-32-20-12-5-4-11-19(20)30-22(15-7-6-8-16(24)13-15)28-29-23(30)26-14-21(31)27-18-10-3-2-9-17(18)25/h2-13H,14H2,1H3,(H,26,29)(H,27,31). The number of hydrogen-bond donors (Lipinski definition) is 2. The Morgan fingerprint density at radius 3 is 2.56 bits per heavy atom. The summed E-state index contributed by atoms with van der Waals surface area (Å²) in [6, 6.07) is 21.8. The van der Waals surface area contributed by atoms with Crippen LogP contribution in [0.25, 0.3) is 17.1 Å². The summed E-state index contributed by atoms with van der Waals surface area (Å²) in [6.07, 6.45) is 0. The van der Waals surface area contributed by atoms with Crippen LogP contribution in [0.3, 0.4) is 0 Å².